The molecule has 0 saturated heterocycles. The normalized spacial score (nSPS) is 17.5. The van der Waals surface area contributed by atoms with Crippen LogP contribution in [0.5, 0.6) is 5.75 Å². The molecule has 1 amide bonds. The zero-order valence-corrected chi connectivity index (χ0v) is 21.2. The van der Waals surface area contributed by atoms with Gasteiger partial charge in [-0.05, 0) is 67.6 Å². The Morgan fingerprint density at radius 3 is 2.69 bits per heavy atom. The van der Waals surface area contributed by atoms with E-state index < -0.39 is 0 Å². The molecule has 7 heteroatoms. The monoisotopic (exact) mass is 533 g/mol. The zero-order valence-electron chi connectivity index (χ0n) is 19.6. The smallest absolute Gasteiger partial charge is 0.258 e. The second kappa shape index (κ2) is 8.48. The molecule has 1 fully saturated rings. The fourth-order valence-electron chi connectivity index (χ4n) is 5.23. The summed E-state index contributed by atoms with van der Waals surface area (Å²) >= 11 is 3.32. The summed E-state index contributed by atoms with van der Waals surface area (Å²) < 4.78 is 23.1. The maximum Gasteiger partial charge on any atom is 0.258 e. The number of carbonyl (C=O) groups excluding carboxylic acids is 1. The number of methoxy groups -OCH3 is 1. The molecule has 1 aliphatic carbocycles. The van der Waals surface area contributed by atoms with E-state index in [0.29, 0.717) is 45.0 Å². The van der Waals surface area contributed by atoms with Crippen molar-refractivity contribution in [2.24, 2.45) is 0 Å². The molecular formula is C28H25BrFN3O2. The zero-order chi connectivity index (χ0) is 24.3. The van der Waals surface area contributed by atoms with Crippen molar-refractivity contribution in [1.29, 1.82) is 0 Å². The third kappa shape index (κ3) is 3.73. The Morgan fingerprint density at radius 2 is 1.94 bits per heavy atom. The van der Waals surface area contributed by atoms with Crippen LogP contribution in [-0.2, 0) is 6.42 Å². The Kier molecular flexibility index (Phi) is 5.40. The Balaban J connectivity index is 1.48. The van der Waals surface area contributed by atoms with Gasteiger partial charge in [0, 0.05) is 28.2 Å². The quantitative estimate of drug-likeness (QED) is 0.299. The van der Waals surface area contributed by atoms with Gasteiger partial charge in [0.1, 0.15) is 11.3 Å². The third-order valence-electron chi connectivity index (χ3n) is 7.22. The van der Waals surface area contributed by atoms with Gasteiger partial charge >= 0.3 is 0 Å². The number of hydrogen-bond donors (Lipinski definition) is 0. The van der Waals surface area contributed by atoms with Crippen LogP contribution in [0.15, 0.2) is 59.1 Å². The first-order chi connectivity index (χ1) is 17.0. The highest BCUT2D eigenvalue weighted by Crippen LogP contribution is 2.44. The molecule has 0 radical (unpaired) electrons. The summed E-state index contributed by atoms with van der Waals surface area (Å²) in [6.45, 7) is 2.73. The highest BCUT2D eigenvalue weighted by Gasteiger charge is 2.34. The maximum atomic E-state index is 14.8. The molecule has 1 aliphatic heterocycles. The highest BCUT2D eigenvalue weighted by molar-refractivity contribution is 9.10. The first-order valence-electron chi connectivity index (χ1n) is 11.9. The molecule has 0 bridgehead atoms. The Morgan fingerprint density at radius 1 is 1.14 bits per heavy atom. The number of ether oxygens (including phenoxy) is 1. The molecule has 35 heavy (non-hydrogen) atoms. The summed E-state index contributed by atoms with van der Waals surface area (Å²) in [5.74, 6) is 0.399. The van der Waals surface area contributed by atoms with E-state index in [1.807, 2.05) is 33.7 Å². The lowest BCUT2D eigenvalue weighted by atomic mass is 9.93. The second-order valence-corrected chi connectivity index (χ2v) is 10.3. The minimum atomic E-state index is -0.355. The van der Waals surface area contributed by atoms with Crippen molar-refractivity contribution in [2.75, 3.05) is 13.7 Å². The van der Waals surface area contributed by atoms with Crippen molar-refractivity contribution in [2.45, 2.75) is 38.1 Å². The number of fused-ring (bicyclic) bond motifs is 2. The average Bonchev–Trinajstić information content (AvgIpc) is 3.61. The number of halogens is 2. The number of benzene rings is 2. The van der Waals surface area contributed by atoms with Crippen LogP contribution in [0, 0.1) is 5.82 Å². The predicted molar refractivity (Wildman–Crippen MR) is 136 cm³/mol. The Bertz CT molecular complexity index is 1480. The van der Waals surface area contributed by atoms with Gasteiger partial charge in [0.05, 0.1) is 24.4 Å². The second-order valence-electron chi connectivity index (χ2n) is 9.36. The van der Waals surface area contributed by atoms with E-state index in [1.165, 1.54) is 17.2 Å². The first kappa shape index (κ1) is 22.3. The summed E-state index contributed by atoms with van der Waals surface area (Å²) in [4.78, 5) is 15.9. The van der Waals surface area contributed by atoms with Gasteiger partial charge in [0.25, 0.3) is 5.91 Å². The first-order valence-corrected chi connectivity index (χ1v) is 12.7. The van der Waals surface area contributed by atoms with Gasteiger partial charge in [-0.3, -0.25) is 4.79 Å². The summed E-state index contributed by atoms with van der Waals surface area (Å²) in [5, 5.41) is 4.76. The standard InChI is InChI=1S/C28H25BrFN3O2/c1-16-20-6-4-3-5-17(20)11-12-32(16)28(34)22-14-25(18-7-8-18)33-26(27(22)35-2)15-24(31-33)21-10-9-19(29)13-23(21)30/h3-6,9-10,13-16,18H,7-8,11-12H2,1-2H3/t16-/m1/s1. The van der Waals surface area contributed by atoms with Crippen LogP contribution in [0.1, 0.15) is 58.9 Å². The summed E-state index contributed by atoms with van der Waals surface area (Å²) in [6.07, 6.45) is 2.92. The van der Waals surface area contributed by atoms with Crippen molar-refractivity contribution in [3.63, 3.8) is 0 Å². The van der Waals surface area contributed by atoms with E-state index in [4.69, 9.17) is 9.84 Å². The molecule has 0 N–H and O–H groups in total. The van der Waals surface area contributed by atoms with Gasteiger partial charge in [-0.25, -0.2) is 8.91 Å². The molecule has 1 atom stereocenters. The molecule has 2 aliphatic rings. The highest BCUT2D eigenvalue weighted by atomic mass is 79.9. The fraction of sp³-hybridized carbons (Fsp3) is 0.286. The Hall–Kier alpha value is -3.19. The third-order valence-corrected chi connectivity index (χ3v) is 7.71. The van der Waals surface area contributed by atoms with Crippen LogP contribution in [-0.4, -0.2) is 34.1 Å². The van der Waals surface area contributed by atoms with Gasteiger partial charge in [-0.15, -0.1) is 0 Å². The van der Waals surface area contributed by atoms with Gasteiger partial charge < -0.3 is 9.64 Å². The topological polar surface area (TPSA) is 46.8 Å². The molecule has 0 spiro atoms. The van der Waals surface area contributed by atoms with E-state index in [9.17, 15) is 9.18 Å². The van der Waals surface area contributed by atoms with Crippen molar-refractivity contribution >= 4 is 27.4 Å². The molecule has 5 nitrogen and oxygen atoms in total. The molecule has 2 aromatic heterocycles. The minimum absolute atomic E-state index is 0.0323. The molecule has 0 unspecified atom stereocenters. The number of rotatable bonds is 4. The van der Waals surface area contributed by atoms with E-state index in [-0.39, 0.29) is 17.8 Å². The number of nitrogens with zero attached hydrogens (tertiary/aromatic N) is 3. The van der Waals surface area contributed by atoms with Crippen molar-refractivity contribution in [3.8, 4) is 17.0 Å². The van der Waals surface area contributed by atoms with E-state index in [1.54, 1.807) is 19.2 Å². The molecule has 1 saturated carbocycles. The van der Waals surface area contributed by atoms with Crippen LogP contribution in [0.3, 0.4) is 0 Å². The summed E-state index contributed by atoms with van der Waals surface area (Å²) in [6, 6.07) is 17.0. The van der Waals surface area contributed by atoms with Crippen LogP contribution >= 0.6 is 15.9 Å². The Labute approximate surface area is 211 Å². The van der Waals surface area contributed by atoms with E-state index in [0.717, 1.165) is 25.0 Å². The molecular weight excluding hydrogens is 509 g/mol. The summed E-state index contributed by atoms with van der Waals surface area (Å²) in [7, 11) is 1.57. The number of pyridine rings is 1. The van der Waals surface area contributed by atoms with Crippen LogP contribution in [0.25, 0.3) is 16.8 Å². The van der Waals surface area contributed by atoms with Crippen LogP contribution < -0.4 is 4.74 Å². The predicted octanol–water partition coefficient (Wildman–Crippen LogP) is 6.55. The molecule has 3 heterocycles. The minimum Gasteiger partial charge on any atom is -0.494 e. The molecule has 4 aromatic rings. The lowest BCUT2D eigenvalue weighted by Gasteiger charge is -2.35. The lowest BCUT2D eigenvalue weighted by molar-refractivity contribution is 0.0674. The maximum absolute atomic E-state index is 14.8. The van der Waals surface area contributed by atoms with E-state index in [2.05, 4.69) is 35.0 Å². The summed E-state index contributed by atoms with van der Waals surface area (Å²) in [5.41, 5.74) is 5.60. The van der Waals surface area contributed by atoms with Crippen molar-refractivity contribution < 1.29 is 13.9 Å². The van der Waals surface area contributed by atoms with Gasteiger partial charge in [0.2, 0.25) is 0 Å². The largest absolute Gasteiger partial charge is 0.494 e. The number of amides is 1. The molecule has 2 aromatic carbocycles. The number of aromatic nitrogens is 2. The lowest BCUT2D eigenvalue weighted by Crippen LogP contribution is -2.39. The van der Waals surface area contributed by atoms with Crippen molar-refractivity contribution in [1.82, 2.24) is 14.5 Å². The van der Waals surface area contributed by atoms with Gasteiger partial charge in [0.15, 0.2) is 5.75 Å². The van der Waals surface area contributed by atoms with Crippen LogP contribution in [0.4, 0.5) is 4.39 Å². The molecule has 178 valence electrons. The van der Waals surface area contributed by atoms with Gasteiger partial charge in [-0.1, -0.05) is 40.2 Å². The van der Waals surface area contributed by atoms with Crippen molar-refractivity contribution in [3.05, 3.63) is 87.3 Å². The number of hydrogen-bond acceptors (Lipinski definition) is 3. The number of carbonyl (C=O) groups is 1. The van der Waals surface area contributed by atoms with E-state index >= 15 is 0 Å². The molecule has 6 rings (SSSR count). The fourth-order valence-corrected chi connectivity index (χ4v) is 5.56. The van der Waals surface area contributed by atoms with Crippen LogP contribution in [0.2, 0.25) is 0 Å². The average molecular weight is 534 g/mol. The SMILES string of the molecule is COc1c(C(=O)N2CCc3ccccc3[C@H]2C)cc(C2CC2)n2nc(-c3ccc(Br)cc3F)cc12. The van der Waals surface area contributed by atoms with Gasteiger partial charge in [-0.2, -0.15) is 5.10 Å².